The van der Waals surface area contributed by atoms with Crippen LogP contribution in [-0.4, -0.2) is 35.7 Å². The first kappa shape index (κ1) is 18.7. The lowest BCUT2D eigenvalue weighted by Crippen LogP contribution is -2.08. The van der Waals surface area contributed by atoms with Crippen LogP contribution in [0.2, 0.25) is 0 Å². The number of nitrogens with zero attached hydrogens (tertiary/aromatic N) is 4. The van der Waals surface area contributed by atoms with E-state index in [-0.39, 0.29) is 0 Å². The first-order chi connectivity index (χ1) is 14.1. The van der Waals surface area contributed by atoms with Crippen molar-refractivity contribution in [3.8, 4) is 28.1 Å². The number of hydrogen-bond acceptors (Lipinski definition) is 6. The molecule has 0 bridgehead atoms. The lowest BCUT2D eigenvalue weighted by Gasteiger charge is -2.14. The van der Waals surface area contributed by atoms with Crippen LogP contribution in [-0.2, 0) is 0 Å². The second kappa shape index (κ2) is 7.75. The lowest BCUT2D eigenvalue weighted by molar-refractivity contribution is 0.340. The summed E-state index contributed by atoms with van der Waals surface area (Å²) >= 11 is 0. The van der Waals surface area contributed by atoms with Gasteiger partial charge in [-0.3, -0.25) is 0 Å². The molecule has 0 amide bonds. The van der Waals surface area contributed by atoms with E-state index in [0.29, 0.717) is 18.1 Å². The third kappa shape index (κ3) is 3.69. The van der Waals surface area contributed by atoms with Crippen LogP contribution in [0.3, 0.4) is 0 Å². The van der Waals surface area contributed by atoms with Gasteiger partial charge in [0.1, 0.15) is 17.9 Å². The normalized spacial score (nSPS) is 10.9. The van der Waals surface area contributed by atoms with Gasteiger partial charge in [-0.05, 0) is 48.4 Å². The fourth-order valence-electron chi connectivity index (χ4n) is 3.31. The van der Waals surface area contributed by atoms with E-state index in [2.05, 4.69) is 39.1 Å². The highest BCUT2D eigenvalue weighted by molar-refractivity contribution is 6.01. The molecule has 6 heteroatoms. The number of ether oxygens (including phenoxy) is 1. The van der Waals surface area contributed by atoms with Gasteiger partial charge in [0, 0.05) is 25.3 Å². The molecule has 146 valence electrons. The summed E-state index contributed by atoms with van der Waals surface area (Å²) in [7, 11) is 4.04. The topological polar surface area (TPSA) is 77.2 Å². The van der Waals surface area contributed by atoms with E-state index in [1.54, 1.807) is 0 Å². The molecular weight excluding hydrogens is 362 g/mol. The van der Waals surface area contributed by atoms with Gasteiger partial charge < -0.3 is 15.4 Å². The maximum absolute atomic E-state index is 6.21. The average molecular weight is 385 g/mol. The van der Waals surface area contributed by atoms with Gasteiger partial charge in [-0.1, -0.05) is 24.3 Å². The molecule has 29 heavy (non-hydrogen) atoms. The van der Waals surface area contributed by atoms with Crippen molar-refractivity contribution >= 4 is 22.5 Å². The quantitative estimate of drug-likeness (QED) is 0.548. The van der Waals surface area contributed by atoms with Crippen molar-refractivity contribution in [2.45, 2.75) is 6.92 Å². The van der Waals surface area contributed by atoms with E-state index >= 15 is 0 Å². The van der Waals surface area contributed by atoms with Crippen molar-refractivity contribution in [3.05, 3.63) is 60.9 Å². The molecule has 2 heterocycles. The largest absolute Gasteiger partial charge is 0.494 e. The molecule has 0 spiro atoms. The molecule has 0 aliphatic heterocycles. The average Bonchev–Trinajstić information content (AvgIpc) is 2.74. The molecule has 2 aromatic carbocycles. The Balaban J connectivity index is 1.92. The summed E-state index contributed by atoms with van der Waals surface area (Å²) in [4.78, 5) is 15.4. The molecule has 0 fully saturated rings. The van der Waals surface area contributed by atoms with Gasteiger partial charge in [0.15, 0.2) is 5.65 Å². The van der Waals surface area contributed by atoms with E-state index < -0.39 is 0 Å². The van der Waals surface area contributed by atoms with Crippen LogP contribution in [0, 0.1) is 0 Å². The molecule has 0 unspecified atom stereocenters. The fraction of sp³-hybridized carbons (Fsp3) is 0.174. The van der Waals surface area contributed by atoms with Gasteiger partial charge in [-0.2, -0.15) is 0 Å². The number of hydrogen-bond donors (Lipinski definition) is 1. The van der Waals surface area contributed by atoms with Crippen molar-refractivity contribution in [2.75, 3.05) is 31.3 Å². The summed E-state index contributed by atoms with van der Waals surface area (Å²) in [5, 5.41) is 0.745. The molecule has 4 aromatic rings. The Hall–Kier alpha value is -3.67. The SMILES string of the molecule is CCOc1cccc(-c2cc(-c3ccc(N(C)C)cc3)nc3ncnc(N)c23)c1. The van der Waals surface area contributed by atoms with Gasteiger partial charge in [0.25, 0.3) is 0 Å². The number of aromatic nitrogens is 3. The first-order valence-electron chi connectivity index (χ1n) is 9.49. The zero-order valence-corrected chi connectivity index (χ0v) is 16.8. The molecule has 6 nitrogen and oxygen atoms in total. The summed E-state index contributed by atoms with van der Waals surface area (Å²) in [6.45, 7) is 2.57. The molecule has 0 atom stereocenters. The molecule has 2 aromatic heterocycles. The van der Waals surface area contributed by atoms with Gasteiger partial charge in [-0.15, -0.1) is 0 Å². The molecule has 4 rings (SSSR count). The molecular formula is C23H23N5O. The zero-order valence-electron chi connectivity index (χ0n) is 16.8. The van der Waals surface area contributed by atoms with Crippen molar-refractivity contribution < 1.29 is 4.74 Å². The standard InChI is InChI=1S/C23H23N5O/c1-4-29-18-7-5-6-16(12-18)19-13-20(15-8-10-17(11-9-15)28(2)3)27-23-21(19)22(24)25-14-26-23/h5-14H,4H2,1-3H3,(H2,24,25,26,27). The van der Waals surface area contributed by atoms with Gasteiger partial charge in [-0.25, -0.2) is 15.0 Å². The van der Waals surface area contributed by atoms with E-state index in [9.17, 15) is 0 Å². The first-order valence-corrected chi connectivity index (χ1v) is 9.49. The fourth-order valence-corrected chi connectivity index (χ4v) is 3.31. The Morgan fingerprint density at radius 1 is 0.966 bits per heavy atom. The summed E-state index contributed by atoms with van der Waals surface area (Å²) in [6.07, 6.45) is 1.45. The van der Waals surface area contributed by atoms with Crippen LogP contribution in [0.15, 0.2) is 60.9 Å². The van der Waals surface area contributed by atoms with E-state index in [1.165, 1.54) is 6.33 Å². The smallest absolute Gasteiger partial charge is 0.165 e. The Morgan fingerprint density at radius 2 is 1.76 bits per heavy atom. The van der Waals surface area contributed by atoms with Crippen LogP contribution < -0.4 is 15.4 Å². The minimum Gasteiger partial charge on any atom is -0.494 e. The van der Waals surface area contributed by atoms with Crippen LogP contribution in [0.5, 0.6) is 5.75 Å². The summed E-state index contributed by atoms with van der Waals surface area (Å²) in [6, 6.07) is 18.3. The van der Waals surface area contributed by atoms with Crippen LogP contribution in [0.1, 0.15) is 6.92 Å². The molecule has 0 saturated carbocycles. The molecule has 0 saturated heterocycles. The molecule has 2 N–H and O–H groups in total. The van der Waals surface area contributed by atoms with Gasteiger partial charge in [0.2, 0.25) is 0 Å². The van der Waals surface area contributed by atoms with Crippen LogP contribution in [0.25, 0.3) is 33.4 Å². The lowest BCUT2D eigenvalue weighted by atomic mass is 9.99. The maximum Gasteiger partial charge on any atom is 0.165 e. The number of pyridine rings is 1. The van der Waals surface area contributed by atoms with Crippen molar-refractivity contribution in [1.29, 1.82) is 0 Å². The number of fused-ring (bicyclic) bond motifs is 1. The minimum absolute atomic E-state index is 0.411. The molecule has 0 aliphatic rings. The van der Waals surface area contributed by atoms with E-state index in [1.807, 2.05) is 51.4 Å². The number of nitrogens with two attached hydrogens (primary N) is 1. The summed E-state index contributed by atoms with van der Waals surface area (Å²) in [5.41, 5.74) is 11.7. The second-order valence-electron chi connectivity index (χ2n) is 6.91. The zero-order chi connectivity index (χ0) is 20.4. The monoisotopic (exact) mass is 385 g/mol. The van der Waals surface area contributed by atoms with E-state index in [0.717, 1.165) is 39.2 Å². The number of nitrogen functional groups attached to an aromatic ring is 1. The second-order valence-corrected chi connectivity index (χ2v) is 6.91. The van der Waals surface area contributed by atoms with Gasteiger partial charge >= 0.3 is 0 Å². The summed E-state index contributed by atoms with van der Waals surface area (Å²) in [5.74, 6) is 1.22. The number of anilines is 2. The van der Waals surface area contributed by atoms with Crippen molar-refractivity contribution in [3.63, 3.8) is 0 Å². The van der Waals surface area contributed by atoms with Crippen molar-refractivity contribution in [1.82, 2.24) is 15.0 Å². The third-order valence-electron chi connectivity index (χ3n) is 4.77. The number of rotatable bonds is 5. The number of benzene rings is 2. The molecule has 0 radical (unpaired) electrons. The maximum atomic E-state index is 6.21. The van der Waals surface area contributed by atoms with E-state index in [4.69, 9.17) is 15.5 Å². The van der Waals surface area contributed by atoms with Crippen LogP contribution >= 0.6 is 0 Å². The molecule has 0 aliphatic carbocycles. The van der Waals surface area contributed by atoms with Crippen molar-refractivity contribution in [2.24, 2.45) is 0 Å². The van der Waals surface area contributed by atoms with Gasteiger partial charge in [0.05, 0.1) is 17.7 Å². The predicted octanol–water partition coefficient (Wildman–Crippen LogP) is 4.41. The third-order valence-corrected chi connectivity index (χ3v) is 4.77. The Bertz CT molecular complexity index is 1160. The minimum atomic E-state index is 0.411. The highest BCUT2D eigenvalue weighted by Gasteiger charge is 2.14. The Morgan fingerprint density at radius 3 is 2.48 bits per heavy atom. The highest BCUT2D eigenvalue weighted by Crippen LogP contribution is 2.35. The summed E-state index contributed by atoms with van der Waals surface area (Å²) < 4.78 is 5.68. The predicted molar refractivity (Wildman–Crippen MR) is 118 cm³/mol. The van der Waals surface area contributed by atoms with Crippen LogP contribution in [0.4, 0.5) is 11.5 Å². The Labute approximate surface area is 170 Å². The Kier molecular flexibility index (Phi) is 4.99. The highest BCUT2D eigenvalue weighted by atomic mass is 16.5.